The van der Waals surface area contributed by atoms with Crippen LogP contribution in [0.3, 0.4) is 0 Å². The van der Waals surface area contributed by atoms with Gasteiger partial charge in [0.2, 0.25) is 5.91 Å². The highest BCUT2D eigenvalue weighted by atomic mass is 127. The second kappa shape index (κ2) is 11.8. The van der Waals surface area contributed by atoms with Gasteiger partial charge in [-0.05, 0) is 49.3 Å². The van der Waals surface area contributed by atoms with Crippen LogP contribution in [0.2, 0.25) is 0 Å². The van der Waals surface area contributed by atoms with Gasteiger partial charge in [0.1, 0.15) is 0 Å². The Balaban J connectivity index is 0.00000364. The fraction of sp³-hybridized carbons (Fsp3) is 0.526. The van der Waals surface area contributed by atoms with Gasteiger partial charge < -0.3 is 21.7 Å². The molecule has 0 unspecified atom stereocenters. The molecule has 0 heterocycles. The number of amides is 2. The van der Waals surface area contributed by atoms with E-state index in [1.165, 1.54) is 25.7 Å². The molecule has 1 saturated carbocycles. The third kappa shape index (κ3) is 8.15. The normalized spacial score (nSPS) is 19.6. The summed E-state index contributed by atoms with van der Waals surface area (Å²) in [5.41, 5.74) is 6.55. The lowest BCUT2D eigenvalue weighted by Crippen LogP contribution is -2.44. The van der Waals surface area contributed by atoms with E-state index >= 15 is 0 Å². The van der Waals surface area contributed by atoms with Crippen LogP contribution in [0, 0.1) is 5.92 Å². The summed E-state index contributed by atoms with van der Waals surface area (Å²) in [7, 11) is 1.77. The average molecular weight is 487 g/mol. The molecule has 5 N–H and O–H groups in total. The molecule has 1 aliphatic carbocycles. The highest BCUT2D eigenvalue weighted by molar-refractivity contribution is 14.0. The van der Waals surface area contributed by atoms with E-state index in [-0.39, 0.29) is 36.4 Å². The molecule has 0 radical (unpaired) electrons. The number of primary amides is 1. The van der Waals surface area contributed by atoms with Crippen molar-refractivity contribution in [2.45, 2.75) is 45.2 Å². The van der Waals surface area contributed by atoms with Crippen LogP contribution in [-0.4, -0.2) is 37.4 Å². The van der Waals surface area contributed by atoms with Crippen molar-refractivity contribution in [2.24, 2.45) is 16.6 Å². The van der Waals surface area contributed by atoms with E-state index in [9.17, 15) is 9.59 Å². The van der Waals surface area contributed by atoms with Crippen LogP contribution in [0.25, 0.3) is 0 Å². The first-order chi connectivity index (χ1) is 12.5. The Bertz CT molecular complexity index is 640. The van der Waals surface area contributed by atoms with Gasteiger partial charge in [-0.25, -0.2) is 0 Å². The molecule has 0 bridgehead atoms. The second-order valence-corrected chi connectivity index (χ2v) is 6.87. The number of benzene rings is 1. The minimum absolute atomic E-state index is 0. The van der Waals surface area contributed by atoms with Gasteiger partial charge in [0, 0.05) is 25.2 Å². The van der Waals surface area contributed by atoms with Crippen molar-refractivity contribution in [3.05, 3.63) is 35.4 Å². The number of aliphatic imine (C=N–C) groups is 1. The molecule has 0 aromatic heterocycles. The maximum Gasteiger partial charge on any atom is 0.251 e. The molecule has 1 aromatic carbocycles. The van der Waals surface area contributed by atoms with Crippen molar-refractivity contribution in [3.63, 3.8) is 0 Å². The van der Waals surface area contributed by atoms with Gasteiger partial charge >= 0.3 is 0 Å². The Labute approximate surface area is 178 Å². The molecule has 2 amide bonds. The van der Waals surface area contributed by atoms with E-state index in [4.69, 9.17) is 5.73 Å². The number of rotatable bonds is 6. The fourth-order valence-electron chi connectivity index (χ4n) is 3.02. The highest BCUT2D eigenvalue weighted by Gasteiger charge is 2.18. The van der Waals surface area contributed by atoms with Crippen molar-refractivity contribution < 1.29 is 9.59 Å². The molecule has 150 valence electrons. The number of carbonyl (C=O) groups is 2. The molecule has 2 rings (SSSR count). The minimum Gasteiger partial charge on any atom is -0.368 e. The molecular weight excluding hydrogens is 457 g/mol. The third-order valence-corrected chi connectivity index (χ3v) is 4.68. The molecule has 7 nitrogen and oxygen atoms in total. The van der Waals surface area contributed by atoms with Crippen LogP contribution in [0.1, 0.15) is 48.5 Å². The Hall–Kier alpha value is -1.84. The third-order valence-electron chi connectivity index (χ3n) is 4.68. The largest absolute Gasteiger partial charge is 0.368 e. The topological polar surface area (TPSA) is 109 Å². The fourth-order valence-corrected chi connectivity index (χ4v) is 3.02. The zero-order valence-electron chi connectivity index (χ0n) is 16.0. The summed E-state index contributed by atoms with van der Waals surface area (Å²) in [6.07, 6.45) is 4.87. The summed E-state index contributed by atoms with van der Waals surface area (Å²) in [4.78, 5) is 26.9. The molecule has 0 saturated heterocycles. The van der Waals surface area contributed by atoms with Crippen molar-refractivity contribution in [1.29, 1.82) is 0 Å². The van der Waals surface area contributed by atoms with Gasteiger partial charge in [0.25, 0.3) is 5.91 Å². The van der Waals surface area contributed by atoms with E-state index in [1.54, 1.807) is 19.2 Å². The maximum absolute atomic E-state index is 11.9. The van der Waals surface area contributed by atoms with Crippen LogP contribution < -0.4 is 21.7 Å². The number of nitrogens with zero attached hydrogens (tertiary/aromatic N) is 1. The van der Waals surface area contributed by atoms with Crippen LogP contribution in [0.15, 0.2) is 29.3 Å². The lowest BCUT2D eigenvalue weighted by atomic mass is 9.87. The molecule has 0 aliphatic heterocycles. The van der Waals surface area contributed by atoms with Gasteiger partial charge in [-0.2, -0.15) is 0 Å². The second-order valence-electron chi connectivity index (χ2n) is 6.87. The molecule has 0 atom stereocenters. The monoisotopic (exact) mass is 487 g/mol. The van der Waals surface area contributed by atoms with E-state index < -0.39 is 5.91 Å². The number of guanidine groups is 1. The number of halogens is 1. The van der Waals surface area contributed by atoms with Crippen molar-refractivity contribution in [3.8, 4) is 0 Å². The SMILES string of the molecule is CN=C(NCc1ccc(C(=O)NCC(N)=O)cc1)NC1CCC(C)CC1.I. The predicted molar refractivity (Wildman–Crippen MR) is 118 cm³/mol. The average Bonchev–Trinajstić information content (AvgIpc) is 2.65. The number of nitrogens with two attached hydrogens (primary N) is 1. The Morgan fingerprint density at radius 1 is 1.11 bits per heavy atom. The molecule has 1 fully saturated rings. The van der Waals surface area contributed by atoms with Crippen molar-refractivity contribution >= 4 is 41.8 Å². The highest BCUT2D eigenvalue weighted by Crippen LogP contribution is 2.23. The van der Waals surface area contributed by atoms with Crippen LogP contribution in [0.4, 0.5) is 0 Å². The minimum atomic E-state index is -0.564. The molecular formula is C19H30IN5O2. The Morgan fingerprint density at radius 3 is 2.30 bits per heavy atom. The van der Waals surface area contributed by atoms with E-state index in [1.807, 2.05) is 12.1 Å². The van der Waals surface area contributed by atoms with Crippen molar-refractivity contribution in [1.82, 2.24) is 16.0 Å². The molecule has 8 heteroatoms. The Kier molecular flexibility index (Phi) is 10.1. The van der Waals surface area contributed by atoms with Crippen LogP contribution in [0.5, 0.6) is 0 Å². The van der Waals surface area contributed by atoms with Gasteiger partial charge in [0.15, 0.2) is 5.96 Å². The molecule has 27 heavy (non-hydrogen) atoms. The summed E-state index contributed by atoms with van der Waals surface area (Å²) < 4.78 is 0. The predicted octanol–water partition coefficient (Wildman–Crippen LogP) is 1.76. The number of carbonyl (C=O) groups excluding carboxylic acids is 2. The molecule has 0 spiro atoms. The van der Waals surface area contributed by atoms with Gasteiger partial charge in [-0.3, -0.25) is 14.6 Å². The Morgan fingerprint density at radius 2 is 1.74 bits per heavy atom. The first-order valence-corrected chi connectivity index (χ1v) is 9.10. The van der Waals surface area contributed by atoms with E-state index in [0.29, 0.717) is 18.2 Å². The smallest absolute Gasteiger partial charge is 0.251 e. The molecule has 1 aromatic rings. The summed E-state index contributed by atoms with van der Waals surface area (Å²) in [5, 5.41) is 9.26. The van der Waals surface area contributed by atoms with Crippen molar-refractivity contribution in [2.75, 3.05) is 13.6 Å². The van der Waals surface area contributed by atoms with Crippen LogP contribution in [-0.2, 0) is 11.3 Å². The van der Waals surface area contributed by atoms with Gasteiger partial charge in [0.05, 0.1) is 6.54 Å². The standard InChI is InChI=1S/C19H29N5O2.HI/c1-13-3-9-16(10-4-13)24-19(21-2)23-11-14-5-7-15(8-6-14)18(26)22-12-17(20)25;/h5-8,13,16H,3-4,9-12H2,1-2H3,(H2,20,25)(H,22,26)(H2,21,23,24);1H. The summed E-state index contributed by atoms with van der Waals surface area (Å²) >= 11 is 0. The lowest BCUT2D eigenvalue weighted by Gasteiger charge is -2.28. The van der Waals surface area contributed by atoms with E-state index in [0.717, 1.165) is 17.4 Å². The zero-order valence-corrected chi connectivity index (χ0v) is 18.3. The number of hydrogen-bond acceptors (Lipinski definition) is 3. The summed E-state index contributed by atoms with van der Waals surface area (Å²) in [5.74, 6) is 0.743. The maximum atomic E-state index is 11.9. The van der Waals surface area contributed by atoms with Crippen LogP contribution >= 0.6 is 24.0 Å². The number of hydrogen-bond donors (Lipinski definition) is 4. The number of nitrogens with one attached hydrogen (secondary N) is 3. The first kappa shape index (κ1) is 23.2. The summed E-state index contributed by atoms with van der Waals surface area (Å²) in [6.45, 7) is 2.76. The summed E-state index contributed by atoms with van der Waals surface area (Å²) in [6, 6.07) is 7.69. The lowest BCUT2D eigenvalue weighted by molar-refractivity contribution is -0.117. The quantitative estimate of drug-likeness (QED) is 0.279. The first-order valence-electron chi connectivity index (χ1n) is 9.10. The van der Waals surface area contributed by atoms with E-state index in [2.05, 4.69) is 27.9 Å². The van der Waals surface area contributed by atoms with Gasteiger partial charge in [-0.1, -0.05) is 19.1 Å². The zero-order chi connectivity index (χ0) is 18.9. The molecule has 1 aliphatic rings. The van der Waals surface area contributed by atoms with Gasteiger partial charge in [-0.15, -0.1) is 24.0 Å².